The molecule has 1 atom stereocenters. The minimum Gasteiger partial charge on any atom is -0.362 e. The Kier molecular flexibility index (Phi) is 4.92. The van der Waals surface area contributed by atoms with E-state index >= 15 is 0 Å². The lowest BCUT2D eigenvalue weighted by atomic mass is 10.2. The number of amidine groups is 1. The van der Waals surface area contributed by atoms with E-state index in [-0.39, 0.29) is 5.75 Å². The monoisotopic (exact) mass is 250 g/mol. The van der Waals surface area contributed by atoms with Gasteiger partial charge in [0.1, 0.15) is 9.84 Å². The van der Waals surface area contributed by atoms with Gasteiger partial charge in [0.25, 0.3) is 0 Å². The van der Waals surface area contributed by atoms with Crippen molar-refractivity contribution in [3.8, 4) is 0 Å². The van der Waals surface area contributed by atoms with Gasteiger partial charge in [0.05, 0.1) is 12.3 Å². The fraction of sp³-hybridized carbons (Fsp3) is 0.889. The van der Waals surface area contributed by atoms with Crippen LogP contribution in [-0.2, 0) is 9.84 Å². The topological polar surface area (TPSA) is 58.5 Å². The van der Waals surface area contributed by atoms with Crippen molar-refractivity contribution in [3.63, 3.8) is 0 Å². The van der Waals surface area contributed by atoms with E-state index in [4.69, 9.17) is 0 Å². The van der Waals surface area contributed by atoms with E-state index < -0.39 is 9.84 Å². The first-order valence-corrected chi connectivity index (χ1v) is 8.17. The molecular weight excluding hydrogens is 232 g/mol. The highest BCUT2D eigenvalue weighted by molar-refractivity contribution is 8.13. The molecule has 0 aromatic heterocycles. The summed E-state index contributed by atoms with van der Waals surface area (Å²) in [5.74, 6) is 1.21. The van der Waals surface area contributed by atoms with Gasteiger partial charge in [-0.05, 0) is 12.8 Å². The van der Waals surface area contributed by atoms with Crippen molar-refractivity contribution in [2.75, 3.05) is 24.3 Å². The zero-order valence-electron chi connectivity index (χ0n) is 9.19. The maximum absolute atomic E-state index is 10.9. The Bertz CT molecular complexity index is 325. The van der Waals surface area contributed by atoms with Crippen molar-refractivity contribution in [2.24, 2.45) is 4.99 Å². The van der Waals surface area contributed by atoms with Gasteiger partial charge in [-0.1, -0.05) is 18.7 Å². The van der Waals surface area contributed by atoms with Crippen molar-refractivity contribution in [1.29, 1.82) is 0 Å². The Morgan fingerprint density at radius 1 is 1.60 bits per heavy atom. The summed E-state index contributed by atoms with van der Waals surface area (Å²) < 4.78 is 21.8. The molecule has 1 heterocycles. The molecule has 0 spiro atoms. The molecule has 0 radical (unpaired) electrons. The molecule has 1 unspecified atom stereocenters. The molecule has 0 aromatic rings. The second-order valence-electron chi connectivity index (χ2n) is 3.70. The zero-order chi connectivity index (χ0) is 11.3. The van der Waals surface area contributed by atoms with Crippen LogP contribution in [-0.4, -0.2) is 43.9 Å². The molecule has 6 heteroatoms. The smallest absolute Gasteiger partial charge is 0.156 e. The van der Waals surface area contributed by atoms with Gasteiger partial charge < -0.3 is 5.32 Å². The maximum Gasteiger partial charge on any atom is 0.156 e. The molecule has 1 aliphatic rings. The number of aliphatic imine (C=N–C) groups is 1. The van der Waals surface area contributed by atoms with Crippen molar-refractivity contribution in [1.82, 2.24) is 5.32 Å². The highest BCUT2D eigenvalue weighted by Gasteiger charge is 2.15. The fourth-order valence-corrected chi connectivity index (χ4v) is 2.75. The molecular formula is C9H18N2O2S2. The van der Waals surface area contributed by atoms with Gasteiger partial charge in [0.2, 0.25) is 0 Å². The molecule has 1 fully saturated rings. The van der Waals surface area contributed by atoms with Gasteiger partial charge in [-0.25, -0.2) is 8.42 Å². The van der Waals surface area contributed by atoms with Crippen LogP contribution in [0.1, 0.15) is 19.8 Å². The molecule has 1 saturated heterocycles. The van der Waals surface area contributed by atoms with Crippen LogP contribution in [0.3, 0.4) is 0 Å². The third-order valence-corrected chi connectivity index (χ3v) is 4.13. The van der Waals surface area contributed by atoms with Gasteiger partial charge in [-0.3, -0.25) is 4.99 Å². The fourth-order valence-electron chi connectivity index (χ4n) is 1.30. The SMILES string of the molecule is CCC1CCSC(=NCCS(C)(=O)=O)N1. The predicted molar refractivity (Wildman–Crippen MR) is 66.3 cm³/mol. The third-order valence-electron chi connectivity index (χ3n) is 2.24. The Morgan fingerprint density at radius 3 is 2.93 bits per heavy atom. The van der Waals surface area contributed by atoms with E-state index in [0.717, 1.165) is 23.8 Å². The molecule has 1 N–H and O–H groups in total. The number of rotatable bonds is 4. The summed E-state index contributed by atoms with van der Waals surface area (Å²) in [4.78, 5) is 4.26. The molecule has 0 amide bonds. The van der Waals surface area contributed by atoms with Crippen molar-refractivity contribution in [3.05, 3.63) is 0 Å². The number of hydrogen-bond acceptors (Lipinski definition) is 4. The summed E-state index contributed by atoms with van der Waals surface area (Å²) in [6.45, 7) is 2.51. The maximum atomic E-state index is 10.9. The van der Waals surface area contributed by atoms with Crippen molar-refractivity contribution < 1.29 is 8.42 Å². The quantitative estimate of drug-likeness (QED) is 0.805. The van der Waals surface area contributed by atoms with E-state index in [0.29, 0.717) is 12.6 Å². The van der Waals surface area contributed by atoms with Crippen LogP contribution in [0.4, 0.5) is 0 Å². The molecule has 88 valence electrons. The Hall–Kier alpha value is -0.230. The minimum absolute atomic E-state index is 0.134. The third kappa shape index (κ3) is 5.41. The summed E-state index contributed by atoms with van der Waals surface area (Å²) in [7, 11) is -2.89. The molecule has 0 aliphatic carbocycles. The molecule has 1 rings (SSSR count). The number of nitrogens with one attached hydrogen (secondary N) is 1. The molecule has 1 aliphatic heterocycles. The largest absolute Gasteiger partial charge is 0.362 e. The summed E-state index contributed by atoms with van der Waals surface area (Å²) in [6, 6.07) is 0.503. The van der Waals surface area contributed by atoms with Crippen LogP contribution in [0.2, 0.25) is 0 Å². The van der Waals surface area contributed by atoms with Crippen LogP contribution in [0.25, 0.3) is 0 Å². The van der Waals surface area contributed by atoms with E-state index in [1.807, 2.05) is 0 Å². The summed E-state index contributed by atoms with van der Waals surface area (Å²) in [5, 5.41) is 4.21. The van der Waals surface area contributed by atoms with Gasteiger partial charge in [-0.2, -0.15) is 0 Å². The predicted octanol–water partition coefficient (Wildman–Crippen LogP) is 0.892. The minimum atomic E-state index is -2.89. The van der Waals surface area contributed by atoms with Crippen LogP contribution in [0.15, 0.2) is 4.99 Å². The molecule has 0 aromatic carbocycles. The Balaban J connectivity index is 2.39. The van der Waals surface area contributed by atoms with E-state index in [9.17, 15) is 8.42 Å². The average Bonchev–Trinajstić information content (AvgIpc) is 2.16. The lowest BCUT2D eigenvalue weighted by molar-refractivity contribution is 0.571. The Morgan fingerprint density at radius 2 is 2.33 bits per heavy atom. The highest BCUT2D eigenvalue weighted by atomic mass is 32.2. The highest BCUT2D eigenvalue weighted by Crippen LogP contribution is 2.15. The molecule has 0 bridgehead atoms. The van der Waals surface area contributed by atoms with Gasteiger partial charge in [0.15, 0.2) is 5.17 Å². The lowest BCUT2D eigenvalue weighted by Gasteiger charge is -2.24. The first-order valence-electron chi connectivity index (χ1n) is 5.13. The zero-order valence-corrected chi connectivity index (χ0v) is 10.8. The summed E-state index contributed by atoms with van der Waals surface area (Å²) in [6.07, 6.45) is 3.49. The van der Waals surface area contributed by atoms with Gasteiger partial charge >= 0.3 is 0 Å². The molecule has 15 heavy (non-hydrogen) atoms. The summed E-state index contributed by atoms with van der Waals surface area (Å²) >= 11 is 1.68. The second-order valence-corrected chi connectivity index (χ2v) is 7.05. The number of nitrogens with zero attached hydrogens (tertiary/aromatic N) is 1. The first-order chi connectivity index (χ1) is 7.01. The van der Waals surface area contributed by atoms with Crippen molar-refractivity contribution in [2.45, 2.75) is 25.8 Å². The van der Waals surface area contributed by atoms with Crippen LogP contribution in [0, 0.1) is 0 Å². The normalized spacial score (nSPS) is 25.2. The van der Waals surface area contributed by atoms with E-state index in [1.54, 1.807) is 11.8 Å². The van der Waals surface area contributed by atoms with Crippen molar-refractivity contribution >= 4 is 26.8 Å². The summed E-state index contributed by atoms with van der Waals surface area (Å²) in [5.41, 5.74) is 0. The van der Waals surface area contributed by atoms with Crippen LogP contribution >= 0.6 is 11.8 Å². The average molecular weight is 250 g/mol. The number of hydrogen-bond donors (Lipinski definition) is 1. The number of sulfone groups is 1. The second kappa shape index (κ2) is 5.75. The first kappa shape index (κ1) is 12.8. The lowest BCUT2D eigenvalue weighted by Crippen LogP contribution is -2.37. The van der Waals surface area contributed by atoms with Crippen LogP contribution < -0.4 is 5.32 Å². The van der Waals surface area contributed by atoms with Crippen LogP contribution in [0.5, 0.6) is 0 Å². The molecule has 4 nitrogen and oxygen atoms in total. The standard InChI is InChI=1S/C9H18N2O2S2/c1-3-8-4-6-14-9(11-8)10-5-7-15(2,12)13/h8H,3-7H2,1-2H3,(H,10,11). The van der Waals surface area contributed by atoms with Gasteiger partial charge in [0, 0.05) is 18.1 Å². The van der Waals surface area contributed by atoms with E-state index in [2.05, 4.69) is 17.2 Å². The van der Waals surface area contributed by atoms with Gasteiger partial charge in [-0.15, -0.1) is 0 Å². The van der Waals surface area contributed by atoms with E-state index in [1.165, 1.54) is 6.26 Å². The Labute approximate surface area is 95.8 Å². The number of thioether (sulfide) groups is 1. The molecule has 0 saturated carbocycles.